The van der Waals surface area contributed by atoms with Gasteiger partial charge >= 0.3 is 0 Å². The molecule has 0 heterocycles. The zero-order valence-corrected chi connectivity index (χ0v) is 16.3. The number of carbonyl (C=O) groups is 1. The van der Waals surface area contributed by atoms with Gasteiger partial charge in [-0.2, -0.15) is 0 Å². The molecule has 6 nitrogen and oxygen atoms in total. The molecule has 0 radical (unpaired) electrons. The van der Waals surface area contributed by atoms with Crippen molar-refractivity contribution in [1.29, 1.82) is 0 Å². The highest BCUT2D eigenvalue weighted by molar-refractivity contribution is 7.92. The molecule has 7 heteroatoms. The molecule has 0 aliphatic heterocycles. The molecule has 28 heavy (non-hydrogen) atoms. The topological polar surface area (TPSA) is 84.5 Å². The molecular formula is C21H20N2O4S. The summed E-state index contributed by atoms with van der Waals surface area (Å²) in [6.45, 7) is 1.69. The molecule has 0 aliphatic rings. The molecule has 0 aliphatic carbocycles. The Kier molecular flexibility index (Phi) is 5.65. The first-order valence-corrected chi connectivity index (χ1v) is 10.4. The zero-order valence-electron chi connectivity index (χ0n) is 15.5. The zero-order chi connectivity index (χ0) is 20.1. The number of hydrogen-bond acceptors (Lipinski definition) is 4. The van der Waals surface area contributed by atoms with Crippen LogP contribution in [0.3, 0.4) is 0 Å². The summed E-state index contributed by atoms with van der Waals surface area (Å²) >= 11 is 0. The van der Waals surface area contributed by atoms with Crippen molar-refractivity contribution < 1.29 is 17.9 Å². The number of anilines is 2. The second-order valence-corrected chi connectivity index (χ2v) is 7.97. The lowest BCUT2D eigenvalue weighted by Crippen LogP contribution is -2.16. The first-order chi connectivity index (χ1) is 13.3. The van der Waals surface area contributed by atoms with Crippen LogP contribution in [0.25, 0.3) is 0 Å². The van der Waals surface area contributed by atoms with Gasteiger partial charge in [-0.05, 0) is 48.9 Å². The van der Waals surface area contributed by atoms with Crippen LogP contribution in [-0.4, -0.2) is 20.6 Å². The number of rotatable bonds is 6. The number of hydrogen-bond donors (Lipinski definition) is 2. The van der Waals surface area contributed by atoms with E-state index in [1.807, 2.05) is 36.4 Å². The maximum atomic E-state index is 12.8. The fraction of sp³-hybridized carbons (Fsp3) is 0.0952. The highest BCUT2D eigenvalue weighted by Crippen LogP contribution is 2.30. The number of nitrogens with one attached hydrogen (secondary N) is 2. The van der Waals surface area contributed by atoms with Gasteiger partial charge in [-0.15, -0.1) is 0 Å². The molecule has 0 saturated heterocycles. The lowest BCUT2D eigenvalue weighted by Gasteiger charge is -2.14. The molecule has 0 atom stereocenters. The number of ether oxygens (including phenoxy) is 1. The Labute approximate surface area is 164 Å². The van der Waals surface area contributed by atoms with Crippen molar-refractivity contribution in [1.82, 2.24) is 0 Å². The minimum Gasteiger partial charge on any atom is -0.455 e. The van der Waals surface area contributed by atoms with E-state index >= 15 is 0 Å². The predicted molar refractivity (Wildman–Crippen MR) is 111 cm³/mol. The van der Waals surface area contributed by atoms with Crippen molar-refractivity contribution in [3.63, 3.8) is 0 Å². The SMILES string of the molecule is Cc1c(NS(C)(=O)=O)cccc1C(=O)Nc1ccccc1Oc1ccccc1. The van der Waals surface area contributed by atoms with Gasteiger partial charge < -0.3 is 10.1 Å². The third-order valence-corrected chi connectivity index (χ3v) is 4.57. The molecule has 0 unspecified atom stereocenters. The van der Waals surface area contributed by atoms with Crippen molar-refractivity contribution in [3.05, 3.63) is 83.9 Å². The van der Waals surface area contributed by atoms with Crippen LogP contribution in [0.1, 0.15) is 15.9 Å². The maximum Gasteiger partial charge on any atom is 0.256 e. The van der Waals surface area contributed by atoms with Crippen LogP contribution in [0.15, 0.2) is 72.8 Å². The Morgan fingerprint density at radius 1 is 0.857 bits per heavy atom. The van der Waals surface area contributed by atoms with Crippen LogP contribution in [0.5, 0.6) is 11.5 Å². The van der Waals surface area contributed by atoms with Gasteiger partial charge in [-0.25, -0.2) is 8.42 Å². The fourth-order valence-electron chi connectivity index (χ4n) is 2.66. The predicted octanol–water partition coefficient (Wildman–Crippen LogP) is 4.41. The maximum absolute atomic E-state index is 12.8. The quantitative estimate of drug-likeness (QED) is 0.646. The molecular weight excluding hydrogens is 376 g/mol. The van der Waals surface area contributed by atoms with E-state index in [0.29, 0.717) is 34.0 Å². The Bertz CT molecular complexity index is 1100. The number of amides is 1. The monoisotopic (exact) mass is 396 g/mol. The second kappa shape index (κ2) is 8.14. The third kappa shape index (κ3) is 4.89. The Morgan fingerprint density at radius 3 is 2.21 bits per heavy atom. The van der Waals surface area contributed by atoms with E-state index in [1.165, 1.54) is 0 Å². The number of sulfonamides is 1. The Morgan fingerprint density at radius 2 is 1.50 bits per heavy atom. The molecule has 0 aromatic heterocycles. The summed E-state index contributed by atoms with van der Waals surface area (Å²) in [5, 5.41) is 2.84. The van der Waals surface area contributed by atoms with Gasteiger partial charge in [0.2, 0.25) is 10.0 Å². The molecule has 0 bridgehead atoms. The highest BCUT2D eigenvalue weighted by atomic mass is 32.2. The first-order valence-electron chi connectivity index (χ1n) is 8.54. The van der Waals surface area contributed by atoms with E-state index in [9.17, 15) is 13.2 Å². The molecule has 0 fully saturated rings. The van der Waals surface area contributed by atoms with Crippen molar-refractivity contribution in [2.24, 2.45) is 0 Å². The van der Waals surface area contributed by atoms with Crippen molar-refractivity contribution >= 4 is 27.3 Å². The Balaban J connectivity index is 1.85. The second-order valence-electron chi connectivity index (χ2n) is 6.22. The highest BCUT2D eigenvalue weighted by Gasteiger charge is 2.15. The van der Waals surface area contributed by atoms with Crippen LogP contribution in [0.2, 0.25) is 0 Å². The summed E-state index contributed by atoms with van der Waals surface area (Å²) < 4.78 is 31.3. The minimum absolute atomic E-state index is 0.362. The molecule has 3 rings (SSSR count). The summed E-state index contributed by atoms with van der Waals surface area (Å²) in [5.41, 5.74) is 1.77. The summed E-state index contributed by atoms with van der Waals surface area (Å²) in [6.07, 6.45) is 1.07. The molecule has 0 spiro atoms. The number of carbonyl (C=O) groups excluding carboxylic acids is 1. The lowest BCUT2D eigenvalue weighted by molar-refractivity contribution is 0.102. The summed E-state index contributed by atoms with van der Waals surface area (Å²) in [4.78, 5) is 12.8. The average Bonchev–Trinajstić information content (AvgIpc) is 2.65. The van der Waals surface area contributed by atoms with E-state index in [0.717, 1.165) is 6.26 Å². The smallest absolute Gasteiger partial charge is 0.256 e. The van der Waals surface area contributed by atoms with Crippen molar-refractivity contribution in [2.75, 3.05) is 16.3 Å². The molecule has 144 valence electrons. The van der Waals surface area contributed by atoms with Gasteiger partial charge in [-0.1, -0.05) is 36.4 Å². The number of benzene rings is 3. The van der Waals surface area contributed by atoms with Crippen LogP contribution >= 0.6 is 0 Å². The molecule has 3 aromatic carbocycles. The third-order valence-electron chi connectivity index (χ3n) is 3.98. The van der Waals surface area contributed by atoms with E-state index in [2.05, 4.69) is 10.0 Å². The van der Waals surface area contributed by atoms with Crippen molar-refractivity contribution in [3.8, 4) is 11.5 Å². The standard InChI is InChI=1S/C21H20N2O4S/c1-15-17(11-8-13-18(15)23-28(2,25)26)21(24)22-19-12-6-7-14-20(19)27-16-9-4-3-5-10-16/h3-14,23H,1-2H3,(H,22,24). The lowest BCUT2D eigenvalue weighted by atomic mass is 10.1. The van der Waals surface area contributed by atoms with Crippen LogP contribution in [0.4, 0.5) is 11.4 Å². The van der Waals surface area contributed by atoms with Crippen LogP contribution < -0.4 is 14.8 Å². The van der Waals surface area contributed by atoms with Crippen LogP contribution in [-0.2, 0) is 10.0 Å². The molecule has 0 saturated carbocycles. The summed E-state index contributed by atoms with van der Waals surface area (Å²) in [5.74, 6) is 0.795. The molecule has 1 amide bonds. The first kappa shape index (κ1) is 19.4. The van der Waals surface area contributed by atoms with E-state index in [-0.39, 0.29) is 5.91 Å². The minimum atomic E-state index is -3.44. The van der Waals surface area contributed by atoms with Crippen molar-refractivity contribution in [2.45, 2.75) is 6.92 Å². The van der Waals surface area contributed by atoms with E-state index < -0.39 is 10.0 Å². The van der Waals surface area contributed by atoms with Gasteiger partial charge in [0.05, 0.1) is 17.6 Å². The van der Waals surface area contributed by atoms with E-state index in [4.69, 9.17) is 4.74 Å². The van der Waals surface area contributed by atoms with Gasteiger partial charge in [-0.3, -0.25) is 9.52 Å². The number of para-hydroxylation sites is 3. The van der Waals surface area contributed by atoms with Crippen LogP contribution in [0, 0.1) is 6.92 Å². The fourth-order valence-corrected chi connectivity index (χ4v) is 3.28. The van der Waals surface area contributed by atoms with E-state index in [1.54, 1.807) is 43.3 Å². The normalized spacial score (nSPS) is 10.9. The van der Waals surface area contributed by atoms with Gasteiger partial charge in [0.1, 0.15) is 5.75 Å². The summed E-state index contributed by atoms with van der Waals surface area (Å²) in [6, 6.07) is 21.2. The molecule has 2 N–H and O–H groups in total. The van der Waals surface area contributed by atoms with Gasteiger partial charge in [0.15, 0.2) is 5.75 Å². The Hall–Kier alpha value is -3.32. The average molecular weight is 396 g/mol. The van der Waals surface area contributed by atoms with Gasteiger partial charge in [0, 0.05) is 5.56 Å². The molecule has 3 aromatic rings. The summed E-state index contributed by atoms with van der Waals surface area (Å²) in [7, 11) is -3.44. The van der Waals surface area contributed by atoms with Gasteiger partial charge in [0.25, 0.3) is 5.91 Å². The largest absolute Gasteiger partial charge is 0.455 e.